The molecule has 0 radical (unpaired) electrons. The maximum absolute atomic E-state index is 6.30. The lowest BCUT2D eigenvalue weighted by molar-refractivity contribution is 0.157. The zero-order chi connectivity index (χ0) is 13.0. The molecule has 18 heavy (non-hydrogen) atoms. The van der Waals surface area contributed by atoms with Crippen molar-refractivity contribution in [2.75, 3.05) is 20.1 Å². The van der Waals surface area contributed by atoms with E-state index in [1.165, 1.54) is 64.5 Å². The van der Waals surface area contributed by atoms with Crippen LogP contribution in [0.4, 0.5) is 0 Å². The van der Waals surface area contributed by atoms with Gasteiger partial charge in [0, 0.05) is 19.1 Å². The van der Waals surface area contributed by atoms with Crippen LogP contribution in [0.5, 0.6) is 0 Å². The minimum absolute atomic E-state index is 0.454. The molecule has 2 heteroatoms. The standard InChI is InChI=1S/C16H32N2/c1-13-8-9-16(17)15(10-13)12-18(2)11-14-6-4-3-5-7-14/h13-16H,3-12,17H2,1-2H3. The molecular weight excluding hydrogens is 220 g/mol. The lowest BCUT2D eigenvalue weighted by atomic mass is 9.79. The molecule has 0 aliphatic heterocycles. The monoisotopic (exact) mass is 252 g/mol. The minimum atomic E-state index is 0.454. The SMILES string of the molecule is CC1CCC(N)C(CN(C)CC2CCCCC2)C1. The van der Waals surface area contributed by atoms with Crippen LogP contribution in [0.15, 0.2) is 0 Å². The van der Waals surface area contributed by atoms with Gasteiger partial charge in [0.1, 0.15) is 0 Å². The molecule has 2 saturated carbocycles. The number of nitrogens with zero attached hydrogens (tertiary/aromatic N) is 1. The van der Waals surface area contributed by atoms with Gasteiger partial charge in [0.05, 0.1) is 0 Å². The van der Waals surface area contributed by atoms with E-state index in [0.29, 0.717) is 6.04 Å². The van der Waals surface area contributed by atoms with Gasteiger partial charge in [-0.3, -0.25) is 0 Å². The van der Waals surface area contributed by atoms with Crippen LogP contribution in [0.2, 0.25) is 0 Å². The van der Waals surface area contributed by atoms with E-state index in [1.54, 1.807) is 0 Å². The molecule has 0 spiro atoms. The summed E-state index contributed by atoms with van der Waals surface area (Å²) in [5, 5.41) is 0. The van der Waals surface area contributed by atoms with Crippen molar-refractivity contribution in [3.05, 3.63) is 0 Å². The summed E-state index contributed by atoms with van der Waals surface area (Å²) in [4.78, 5) is 2.57. The van der Waals surface area contributed by atoms with E-state index >= 15 is 0 Å². The third-order valence-corrected chi connectivity index (χ3v) is 5.14. The van der Waals surface area contributed by atoms with Gasteiger partial charge in [-0.25, -0.2) is 0 Å². The molecule has 3 unspecified atom stereocenters. The summed E-state index contributed by atoms with van der Waals surface area (Å²) < 4.78 is 0. The van der Waals surface area contributed by atoms with Crippen LogP contribution in [0, 0.1) is 17.8 Å². The van der Waals surface area contributed by atoms with E-state index in [0.717, 1.165) is 17.8 Å². The van der Waals surface area contributed by atoms with E-state index in [1.807, 2.05) is 0 Å². The first-order valence-corrected chi connectivity index (χ1v) is 8.09. The second-order valence-corrected chi connectivity index (χ2v) is 7.07. The lowest BCUT2D eigenvalue weighted by Gasteiger charge is -2.36. The molecule has 2 fully saturated rings. The van der Waals surface area contributed by atoms with Crippen LogP contribution in [0.25, 0.3) is 0 Å². The van der Waals surface area contributed by atoms with Crippen molar-refractivity contribution >= 4 is 0 Å². The van der Waals surface area contributed by atoms with E-state index in [4.69, 9.17) is 5.73 Å². The molecule has 0 saturated heterocycles. The highest BCUT2D eigenvalue weighted by atomic mass is 15.1. The van der Waals surface area contributed by atoms with Crippen molar-refractivity contribution < 1.29 is 0 Å². The van der Waals surface area contributed by atoms with Gasteiger partial charge in [0.15, 0.2) is 0 Å². The molecular formula is C16H32N2. The fraction of sp³-hybridized carbons (Fsp3) is 1.00. The highest BCUT2D eigenvalue weighted by Gasteiger charge is 2.27. The van der Waals surface area contributed by atoms with Gasteiger partial charge in [0.2, 0.25) is 0 Å². The predicted molar refractivity (Wildman–Crippen MR) is 78.6 cm³/mol. The average Bonchev–Trinajstić information content (AvgIpc) is 2.35. The summed E-state index contributed by atoms with van der Waals surface area (Å²) in [5.41, 5.74) is 6.30. The highest BCUT2D eigenvalue weighted by Crippen LogP contribution is 2.29. The van der Waals surface area contributed by atoms with Crippen LogP contribution in [-0.4, -0.2) is 31.1 Å². The van der Waals surface area contributed by atoms with Crippen LogP contribution in [-0.2, 0) is 0 Å². The Hall–Kier alpha value is -0.0800. The van der Waals surface area contributed by atoms with E-state index in [-0.39, 0.29) is 0 Å². The molecule has 0 amide bonds. The van der Waals surface area contributed by atoms with Gasteiger partial charge >= 0.3 is 0 Å². The smallest absolute Gasteiger partial charge is 0.00795 e. The topological polar surface area (TPSA) is 29.3 Å². The Balaban J connectivity index is 1.73. The van der Waals surface area contributed by atoms with Gasteiger partial charge in [-0.15, -0.1) is 0 Å². The Bertz CT molecular complexity index is 235. The molecule has 2 N–H and O–H groups in total. The molecule has 2 nitrogen and oxygen atoms in total. The Morgan fingerprint density at radius 1 is 1.00 bits per heavy atom. The number of nitrogens with two attached hydrogens (primary N) is 1. The first kappa shape index (κ1) is 14.3. The largest absolute Gasteiger partial charge is 0.327 e. The molecule has 0 aromatic carbocycles. The Morgan fingerprint density at radius 3 is 2.44 bits per heavy atom. The molecule has 3 atom stereocenters. The fourth-order valence-electron chi connectivity index (χ4n) is 4.02. The molecule has 0 bridgehead atoms. The summed E-state index contributed by atoms with van der Waals surface area (Å²) in [7, 11) is 2.31. The number of hydrogen-bond acceptors (Lipinski definition) is 2. The van der Waals surface area contributed by atoms with Gasteiger partial charge in [-0.1, -0.05) is 26.2 Å². The molecule has 0 heterocycles. The molecule has 0 aromatic heterocycles. The van der Waals surface area contributed by atoms with Gasteiger partial charge in [-0.05, 0) is 56.9 Å². The van der Waals surface area contributed by atoms with E-state index in [2.05, 4.69) is 18.9 Å². The summed E-state index contributed by atoms with van der Waals surface area (Å²) in [5.74, 6) is 2.58. The first-order valence-electron chi connectivity index (χ1n) is 8.09. The summed E-state index contributed by atoms with van der Waals surface area (Å²) in [6.07, 6.45) is 11.2. The quantitative estimate of drug-likeness (QED) is 0.832. The normalized spacial score (nSPS) is 35.0. The molecule has 106 valence electrons. The molecule has 2 aliphatic carbocycles. The van der Waals surface area contributed by atoms with Crippen LogP contribution >= 0.6 is 0 Å². The van der Waals surface area contributed by atoms with Crippen molar-refractivity contribution in [2.45, 2.75) is 64.3 Å². The third-order valence-electron chi connectivity index (χ3n) is 5.14. The highest BCUT2D eigenvalue weighted by molar-refractivity contribution is 4.83. The van der Waals surface area contributed by atoms with Crippen molar-refractivity contribution in [1.82, 2.24) is 4.90 Å². The number of hydrogen-bond donors (Lipinski definition) is 1. The van der Waals surface area contributed by atoms with Gasteiger partial charge in [0.25, 0.3) is 0 Å². The average molecular weight is 252 g/mol. The van der Waals surface area contributed by atoms with E-state index in [9.17, 15) is 0 Å². The maximum Gasteiger partial charge on any atom is 0.00795 e. The second kappa shape index (κ2) is 6.91. The van der Waals surface area contributed by atoms with Crippen molar-refractivity contribution in [2.24, 2.45) is 23.5 Å². The third kappa shape index (κ3) is 4.24. The lowest BCUT2D eigenvalue weighted by Crippen LogP contribution is -2.42. The predicted octanol–water partition coefficient (Wildman–Crippen LogP) is 3.26. The van der Waals surface area contributed by atoms with Crippen LogP contribution < -0.4 is 5.73 Å². The molecule has 2 rings (SSSR count). The Kier molecular flexibility index (Phi) is 5.50. The summed E-state index contributed by atoms with van der Waals surface area (Å²) >= 11 is 0. The van der Waals surface area contributed by atoms with Gasteiger partial charge < -0.3 is 10.6 Å². The molecule has 2 aliphatic rings. The minimum Gasteiger partial charge on any atom is -0.327 e. The zero-order valence-electron chi connectivity index (χ0n) is 12.4. The van der Waals surface area contributed by atoms with Crippen molar-refractivity contribution in [3.8, 4) is 0 Å². The fourth-order valence-corrected chi connectivity index (χ4v) is 4.02. The van der Waals surface area contributed by atoms with Crippen LogP contribution in [0.3, 0.4) is 0 Å². The van der Waals surface area contributed by atoms with Crippen LogP contribution in [0.1, 0.15) is 58.3 Å². The van der Waals surface area contributed by atoms with Gasteiger partial charge in [-0.2, -0.15) is 0 Å². The Labute approximate surface area is 113 Å². The van der Waals surface area contributed by atoms with Crippen molar-refractivity contribution in [1.29, 1.82) is 0 Å². The Morgan fingerprint density at radius 2 is 1.72 bits per heavy atom. The molecule has 0 aromatic rings. The summed E-state index contributed by atoms with van der Waals surface area (Å²) in [6, 6.07) is 0.454. The van der Waals surface area contributed by atoms with E-state index < -0.39 is 0 Å². The number of rotatable bonds is 4. The summed E-state index contributed by atoms with van der Waals surface area (Å²) in [6.45, 7) is 4.92. The first-order chi connectivity index (χ1) is 8.65. The van der Waals surface area contributed by atoms with Crippen molar-refractivity contribution in [3.63, 3.8) is 0 Å². The zero-order valence-corrected chi connectivity index (χ0v) is 12.4. The second-order valence-electron chi connectivity index (χ2n) is 7.07. The maximum atomic E-state index is 6.30.